The van der Waals surface area contributed by atoms with Crippen LogP contribution in [0.2, 0.25) is 0 Å². The van der Waals surface area contributed by atoms with Gasteiger partial charge in [-0.2, -0.15) is 5.10 Å². The van der Waals surface area contributed by atoms with E-state index < -0.39 is 0 Å². The lowest BCUT2D eigenvalue weighted by atomic mass is 9.51. The van der Waals surface area contributed by atoms with Crippen LogP contribution in [-0.2, 0) is 4.74 Å². The normalized spacial score (nSPS) is 27.3. The minimum atomic E-state index is 0.350. The Labute approximate surface area is 233 Å². The van der Waals surface area contributed by atoms with Crippen molar-refractivity contribution in [2.24, 2.45) is 5.41 Å². The first-order valence-electron chi connectivity index (χ1n) is 14.5. The van der Waals surface area contributed by atoms with E-state index in [0.29, 0.717) is 23.3 Å². The zero-order valence-electron chi connectivity index (χ0n) is 22.7. The zero-order chi connectivity index (χ0) is 26.7. The van der Waals surface area contributed by atoms with Gasteiger partial charge in [-0.25, -0.2) is 14.6 Å². The number of aromatic nitrogens is 4. The molecular formula is C31H35N7O2. The van der Waals surface area contributed by atoms with Crippen LogP contribution in [-0.4, -0.2) is 81.0 Å². The molecule has 206 valence electrons. The Balaban J connectivity index is 0.956. The number of rotatable bonds is 6. The molecule has 2 N–H and O–H groups in total. The van der Waals surface area contributed by atoms with Gasteiger partial charge in [-0.15, -0.1) is 0 Å². The third kappa shape index (κ3) is 4.15. The summed E-state index contributed by atoms with van der Waals surface area (Å²) in [6, 6.07) is 19.6. The molecule has 4 aromatic rings. The Morgan fingerprint density at radius 3 is 2.10 bits per heavy atom. The third-order valence-corrected chi connectivity index (χ3v) is 9.65. The molecule has 2 aliphatic carbocycles. The number of nitrogen functional groups attached to an aromatic ring is 1. The van der Waals surface area contributed by atoms with Gasteiger partial charge in [0.1, 0.15) is 29.3 Å². The molecule has 40 heavy (non-hydrogen) atoms. The van der Waals surface area contributed by atoms with Crippen molar-refractivity contribution >= 4 is 16.9 Å². The molecule has 8 rings (SSSR count). The summed E-state index contributed by atoms with van der Waals surface area (Å²) in [6.45, 7) is 6.59. The number of benzene rings is 2. The van der Waals surface area contributed by atoms with E-state index in [1.165, 1.54) is 39.0 Å². The van der Waals surface area contributed by atoms with Gasteiger partial charge >= 0.3 is 0 Å². The number of anilines is 1. The summed E-state index contributed by atoms with van der Waals surface area (Å²) in [5.41, 5.74) is 9.50. The molecule has 2 saturated heterocycles. The van der Waals surface area contributed by atoms with E-state index in [0.717, 1.165) is 65.9 Å². The van der Waals surface area contributed by atoms with E-state index in [9.17, 15) is 0 Å². The van der Waals surface area contributed by atoms with E-state index in [1.807, 2.05) is 54.6 Å². The fourth-order valence-corrected chi connectivity index (χ4v) is 7.30. The summed E-state index contributed by atoms with van der Waals surface area (Å²) in [7, 11) is 0. The predicted molar refractivity (Wildman–Crippen MR) is 153 cm³/mol. The van der Waals surface area contributed by atoms with Crippen LogP contribution in [0.5, 0.6) is 11.5 Å². The number of nitrogens with zero attached hydrogens (tertiary/aromatic N) is 6. The van der Waals surface area contributed by atoms with Crippen molar-refractivity contribution in [3.8, 4) is 22.8 Å². The Morgan fingerprint density at radius 2 is 1.43 bits per heavy atom. The molecule has 2 aliphatic heterocycles. The van der Waals surface area contributed by atoms with Crippen LogP contribution in [0.4, 0.5) is 5.82 Å². The molecule has 9 nitrogen and oxygen atoms in total. The summed E-state index contributed by atoms with van der Waals surface area (Å²) in [5.74, 6) is 2.06. The van der Waals surface area contributed by atoms with Gasteiger partial charge in [0.25, 0.3) is 0 Å². The van der Waals surface area contributed by atoms with Crippen LogP contribution in [0, 0.1) is 5.41 Å². The van der Waals surface area contributed by atoms with Crippen LogP contribution in [0.25, 0.3) is 22.3 Å². The average Bonchev–Trinajstić information content (AvgIpc) is 3.29. The number of para-hydroxylation sites is 1. The van der Waals surface area contributed by atoms with Gasteiger partial charge in [-0.3, -0.25) is 9.80 Å². The maximum absolute atomic E-state index is 6.39. The van der Waals surface area contributed by atoms with Gasteiger partial charge in [0.15, 0.2) is 5.65 Å². The van der Waals surface area contributed by atoms with Crippen molar-refractivity contribution in [2.45, 2.75) is 43.8 Å². The molecular weight excluding hydrogens is 502 g/mol. The number of fused-ring (bicyclic) bond motifs is 1. The van der Waals surface area contributed by atoms with Crippen molar-refractivity contribution in [1.82, 2.24) is 29.5 Å². The first kappa shape index (κ1) is 24.3. The maximum atomic E-state index is 6.39. The second kappa shape index (κ2) is 9.54. The Bertz CT molecular complexity index is 1500. The van der Waals surface area contributed by atoms with Crippen LogP contribution in [0.3, 0.4) is 0 Å². The van der Waals surface area contributed by atoms with Crippen molar-refractivity contribution in [1.29, 1.82) is 0 Å². The summed E-state index contributed by atoms with van der Waals surface area (Å²) < 4.78 is 13.5. The highest BCUT2D eigenvalue weighted by molar-refractivity contribution is 5.98. The van der Waals surface area contributed by atoms with Gasteiger partial charge in [0.05, 0.1) is 30.7 Å². The van der Waals surface area contributed by atoms with Crippen molar-refractivity contribution in [3.05, 3.63) is 60.9 Å². The first-order valence-corrected chi connectivity index (χ1v) is 14.5. The first-order chi connectivity index (χ1) is 19.6. The van der Waals surface area contributed by atoms with E-state index in [1.54, 1.807) is 6.33 Å². The number of ether oxygens (including phenoxy) is 2. The van der Waals surface area contributed by atoms with Crippen LogP contribution in [0.1, 0.15) is 31.7 Å². The van der Waals surface area contributed by atoms with Crippen LogP contribution < -0.4 is 10.5 Å². The van der Waals surface area contributed by atoms with Gasteiger partial charge < -0.3 is 15.2 Å². The molecule has 0 unspecified atom stereocenters. The molecule has 9 heteroatoms. The third-order valence-electron chi connectivity index (χ3n) is 9.65. The lowest BCUT2D eigenvalue weighted by Crippen LogP contribution is -2.62. The monoisotopic (exact) mass is 537 g/mol. The topological polar surface area (TPSA) is 94.6 Å². The molecule has 1 spiro atoms. The highest BCUT2D eigenvalue weighted by Crippen LogP contribution is 2.62. The lowest BCUT2D eigenvalue weighted by Gasteiger charge is -2.60. The molecule has 2 aromatic carbocycles. The molecule has 4 aliphatic rings. The molecule has 0 bridgehead atoms. The fraction of sp³-hybridized carbons (Fsp3) is 0.452. The van der Waals surface area contributed by atoms with E-state index in [2.05, 4.69) is 24.4 Å². The van der Waals surface area contributed by atoms with Gasteiger partial charge in [0.2, 0.25) is 0 Å². The van der Waals surface area contributed by atoms with Crippen molar-refractivity contribution in [3.63, 3.8) is 0 Å². The molecule has 0 radical (unpaired) electrons. The molecule has 4 heterocycles. The molecule has 0 amide bonds. The summed E-state index contributed by atoms with van der Waals surface area (Å²) in [6.07, 6.45) is 6.49. The highest BCUT2D eigenvalue weighted by atomic mass is 16.5. The van der Waals surface area contributed by atoms with E-state index in [4.69, 9.17) is 20.3 Å². The molecule has 4 fully saturated rings. The molecule has 0 atom stereocenters. The summed E-state index contributed by atoms with van der Waals surface area (Å²) >= 11 is 0. The van der Waals surface area contributed by atoms with Gasteiger partial charge in [-0.1, -0.05) is 18.2 Å². The fourth-order valence-electron chi connectivity index (χ4n) is 7.30. The van der Waals surface area contributed by atoms with E-state index in [-0.39, 0.29) is 0 Å². The Hall–Kier alpha value is -3.53. The standard InChI is InChI=1S/C31H35N7O2/c32-29-27-28(21-6-8-26(9-7-21)40-25-4-2-1-3-5-25)35-38(30(27)34-20-33-29)23-16-31(17-23)14-22(15-31)36-10-12-37(13-11-36)24-18-39-19-24/h1-9,20,22-24H,10-19H2,(H2,32,33,34). The summed E-state index contributed by atoms with van der Waals surface area (Å²) in [5, 5.41) is 5.93. The summed E-state index contributed by atoms with van der Waals surface area (Å²) in [4.78, 5) is 14.3. The Morgan fingerprint density at radius 1 is 0.775 bits per heavy atom. The second-order valence-electron chi connectivity index (χ2n) is 12.1. The van der Waals surface area contributed by atoms with E-state index >= 15 is 0 Å². The number of hydrogen-bond donors (Lipinski definition) is 1. The van der Waals surface area contributed by atoms with Crippen molar-refractivity contribution in [2.75, 3.05) is 45.1 Å². The average molecular weight is 538 g/mol. The predicted octanol–water partition coefficient (Wildman–Crippen LogP) is 4.37. The lowest BCUT2D eigenvalue weighted by molar-refractivity contribution is -0.112. The van der Waals surface area contributed by atoms with Crippen molar-refractivity contribution < 1.29 is 9.47 Å². The van der Waals surface area contributed by atoms with Crippen LogP contribution >= 0.6 is 0 Å². The number of nitrogens with two attached hydrogens (primary N) is 1. The Kier molecular flexibility index (Phi) is 5.79. The molecule has 2 saturated carbocycles. The van der Waals surface area contributed by atoms with Gasteiger partial charge in [-0.05, 0) is 67.5 Å². The smallest absolute Gasteiger partial charge is 0.164 e. The van der Waals surface area contributed by atoms with Crippen LogP contribution in [0.15, 0.2) is 60.9 Å². The zero-order valence-corrected chi connectivity index (χ0v) is 22.7. The minimum Gasteiger partial charge on any atom is -0.457 e. The maximum Gasteiger partial charge on any atom is 0.164 e. The SMILES string of the molecule is Nc1ncnc2c1c(-c1ccc(Oc3ccccc3)cc1)nn2C1CC2(CC(N3CCN(C4COC4)CC3)C2)C1. The minimum absolute atomic E-state index is 0.350. The van der Waals surface area contributed by atoms with Gasteiger partial charge in [0, 0.05) is 37.8 Å². The largest absolute Gasteiger partial charge is 0.457 e. The number of piperazine rings is 1. The quantitative estimate of drug-likeness (QED) is 0.388. The molecule has 2 aromatic heterocycles. The highest BCUT2D eigenvalue weighted by Gasteiger charge is 2.55. The number of hydrogen-bond acceptors (Lipinski definition) is 8. The second-order valence-corrected chi connectivity index (χ2v) is 12.1.